The summed E-state index contributed by atoms with van der Waals surface area (Å²) >= 11 is 0. The predicted molar refractivity (Wildman–Crippen MR) is 91.7 cm³/mol. The highest BCUT2D eigenvalue weighted by Crippen LogP contribution is 2.14. The largest absolute Gasteiger partial charge is 0.103 e. The fourth-order valence-electron chi connectivity index (χ4n) is 2.04. The Labute approximate surface area is 123 Å². The third kappa shape index (κ3) is 5.71. The van der Waals surface area contributed by atoms with Gasteiger partial charge in [-0.1, -0.05) is 73.9 Å². The first-order valence-electron chi connectivity index (χ1n) is 7.02. The van der Waals surface area contributed by atoms with Crippen molar-refractivity contribution in [3.8, 4) is 0 Å². The molecule has 104 valence electrons. The van der Waals surface area contributed by atoms with E-state index in [9.17, 15) is 0 Å². The summed E-state index contributed by atoms with van der Waals surface area (Å²) in [5.41, 5.74) is 4.87. The van der Waals surface area contributed by atoms with Crippen LogP contribution in [0.15, 0.2) is 80.0 Å². The summed E-state index contributed by atoms with van der Waals surface area (Å²) in [5.74, 6) is 0. The van der Waals surface area contributed by atoms with E-state index in [1.54, 1.807) is 0 Å². The number of rotatable bonds is 9. The van der Waals surface area contributed by atoms with Crippen molar-refractivity contribution in [1.82, 2.24) is 0 Å². The van der Waals surface area contributed by atoms with Crippen LogP contribution >= 0.6 is 0 Å². The van der Waals surface area contributed by atoms with E-state index in [1.807, 2.05) is 18.2 Å². The van der Waals surface area contributed by atoms with Gasteiger partial charge in [-0.3, -0.25) is 0 Å². The van der Waals surface area contributed by atoms with Crippen molar-refractivity contribution >= 4 is 6.08 Å². The summed E-state index contributed by atoms with van der Waals surface area (Å²) in [7, 11) is 0. The van der Waals surface area contributed by atoms with Crippen LogP contribution < -0.4 is 0 Å². The molecule has 0 aliphatic heterocycles. The molecule has 0 saturated heterocycles. The van der Waals surface area contributed by atoms with Crippen LogP contribution in [0.4, 0.5) is 0 Å². The molecule has 0 bridgehead atoms. The molecule has 1 aromatic rings. The molecule has 0 aliphatic rings. The maximum Gasteiger partial charge on any atom is -0.0100 e. The van der Waals surface area contributed by atoms with E-state index in [0.717, 1.165) is 31.3 Å². The quantitative estimate of drug-likeness (QED) is 0.385. The first-order valence-corrected chi connectivity index (χ1v) is 7.02. The Morgan fingerprint density at radius 1 is 1.05 bits per heavy atom. The van der Waals surface area contributed by atoms with Crippen LogP contribution in [-0.2, 0) is 6.42 Å². The molecule has 20 heavy (non-hydrogen) atoms. The number of aryl methyl sites for hydroxylation is 1. The van der Waals surface area contributed by atoms with Crippen LogP contribution in [0.5, 0.6) is 0 Å². The van der Waals surface area contributed by atoms with Crippen molar-refractivity contribution in [3.05, 3.63) is 91.1 Å². The summed E-state index contributed by atoms with van der Waals surface area (Å²) in [6.45, 7) is 15.4. The lowest BCUT2D eigenvalue weighted by molar-refractivity contribution is 0.824. The zero-order valence-electron chi connectivity index (χ0n) is 12.3. The predicted octanol–water partition coefficient (Wildman–Crippen LogP) is 5.90. The molecule has 1 rings (SSSR count). The average molecular weight is 264 g/mol. The lowest BCUT2D eigenvalue weighted by atomic mass is 10.0. The zero-order chi connectivity index (χ0) is 14.8. The Balaban J connectivity index is 2.42. The van der Waals surface area contributed by atoms with Crippen LogP contribution in [0.25, 0.3) is 6.08 Å². The first kappa shape index (κ1) is 16.0. The summed E-state index contributed by atoms with van der Waals surface area (Å²) in [6.07, 6.45) is 11.8. The second kappa shape index (κ2) is 8.92. The molecule has 0 nitrogen and oxygen atoms in total. The van der Waals surface area contributed by atoms with Gasteiger partial charge in [-0.05, 0) is 42.4 Å². The third-order valence-electron chi connectivity index (χ3n) is 3.21. The van der Waals surface area contributed by atoms with Crippen LogP contribution in [0.1, 0.15) is 30.4 Å². The lowest BCUT2D eigenvalue weighted by Crippen LogP contribution is -1.88. The molecule has 0 fully saturated rings. The normalized spacial score (nSPS) is 10.9. The molecule has 0 spiro atoms. The van der Waals surface area contributed by atoms with Crippen molar-refractivity contribution in [3.63, 3.8) is 0 Å². The Kier molecular flexibility index (Phi) is 7.13. The molecule has 0 aromatic heterocycles. The van der Waals surface area contributed by atoms with E-state index < -0.39 is 0 Å². The van der Waals surface area contributed by atoms with Gasteiger partial charge in [0.05, 0.1) is 0 Å². The molecule has 0 radical (unpaired) electrons. The van der Waals surface area contributed by atoms with Gasteiger partial charge in [0.15, 0.2) is 0 Å². The second-order valence-corrected chi connectivity index (χ2v) is 4.87. The summed E-state index contributed by atoms with van der Waals surface area (Å²) in [4.78, 5) is 0. The van der Waals surface area contributed by atoms with Crippen molar-refractivity contribution < 1.29 is 0 Å². The number of hydrogen-bond acceptors (Lipinski definition) is 0. The van der Waals surface area contributed by atoms with Crippen LogP contribution in [0, 0.1) is 0 Å². The van der Waals surface area contributed by atoms with Gasteiger partial charge in [0.1, 0.15) is 0 Å². The minimum Gasteiger partial charge on any atom is -0.103 e. The topological polar surface area (TPSA) is 0 Å². The average Bonchev–Trinajstić information content (AvgIpc) is 2.47. The van der Waals surface area contributed by atoms with E-state index in [4.69, 9.17) is 0 Å². The molecule has 0 aliphatic carbocycles. The standard InChI is InChI=1S/C20H24/c1-5-9-19(7-3)16-17(4)10-8-11-20-14-12-18(6-2)13-15-20/h5-7,12-16H,1-4,8-11H2/b19-16-. The van der Waals surface area contributed by atoms with E-state index in [1.165, 1.54) is 16.7 Å². The van der Waals surface area contributed by atoms with Gasteiger partial charge >= 0.3 is 0 Å². The lowest BCUT2D eigenvalue weighted by Gasteiger charge is -2.04. The second-order valence-electron chi connectivity index (χ2n) is 4.87. The Morgan fingerprint density at radius 3 is 2.30 bits per heavy atom. The maximum atomic E-state index is 4.11. The number of hydrogen-bond donors (Lipinski definition) is 0. The van der Waals surface area contributed by atoms with Crippen molar-refractivity contribution in [2.45, 2.75) is 25.7 Å². The molecule has 0 N–H and O–H groups in total. The fraction of sp³-hybridized carbons (Fsp3) is 0.200. The van der Waals surface area contributed by atoms with Gasteiger partial charge in [-0.15, -0.1) is 6.58 Å². The van der Waals surface area contributed by atoms with Crippen molar-refractivity contribution in [1.29, 1.82) is 0 Å². The SMILES string of the molecule is C=CC/C(C=C)=C\C(=C)CCCc1ccc(C=C)cc1. The minimum absolute atomic E-state index is 0.853. The van der Waals surface area contributed by atoms with Crippen LogP contribution in [0.3, 0.4) is 0 Å². The summed E-state index contributed by atoms with van der Waals surface area (Å²) in [5, 5.41) is 0. The summed E-state index contributed by atoms with van der Waals surface area (Å²) in [6, 6.07) is 8.55. The third-order valence-corrected chi connectivity index (χ3v) is 3.21. The molecule has 0 heteroatoms. The molecular weight excluding hydrogens is 240 g/mol. The van der Waals surface area contributed by atoms with E-state index in [-0.39, 0.29) is 0 Å². The molecule has 0 atom stereocenters. The molecule has 0 amide bonds. The van der Waals surface area contributed by atoms with E-state index in [2.05, 4.69) is 56.7 Å². The molecular formula is C20H24. The molecule has 0 unspecified atom stereocenters. The summed E-state index contributed by atoms with van der Waals surface area (Å²) < 4.78 is 0. The highest BCUT2D eigenvalue weighted by atomic mass is 14.0. The maximum absolute atomic E-state index is 4.11. The highest BCUT2D eigenvalue weighted by Gasteiger charge is 1.97. The van der Waals surface area contributed by atoms with Gasteiger partial charge in [-0.25, -0.2) is 0 Å². The Bertz CT molecular complexity index is 497. The zero-order valence-corrected chi connectivity index (χ0v) is 12.3. The Hall–Kier alpha value is -2.08. The highest BCUT2D eigenvalue weighted by molar-refractivity contribution is 5.47. The van der Waals surface area contributed by atoms with Gasteiger partial charge in [0.25, 0.3) is 0 Å². The number of benzene rings is 1. The molecule has 1 aromatic carbocycles. The first-order chi connectivity index (χ1) is 9.69. The van der Waals surface area contributed by atoms with Gasteiger partial charge < -0.3 is 0 Å². The fourth-order valence-corrected chi connectivity index (χ4v) is 2.04. The molecule has 0 saturated carbocycles. The minimum atomic E-state index is 0.853. The smallest absolute Gasteiger partial charge is 0.0100 e. The van der Waals surface area contributed by atoms with Gasteiger partial charge in [-0.2, -0.15) is 0 Å². The van der Waals surface area contributed by atoms with Crippen LogP contribution in [0.2, 0.25) is 0 Å². The van der Waals surface area contributed by atoms with Gasteiger partial charge in [0, 0.05) is 0 Å². The van der Waals surface area contributed by atoms with Gasteiger partial charge in [0.2, 0.25) is 0 Å². The van der Waals surface area contributed by atoms with E-state index >= 15 is 0 Å². The van der Waals surface area contributed by atoms with Crippen LogP contribution in [-0.4, -0.2) is 0 Å². The molecule has 0 heterocycles. The monoisotopic (exact) mass is 264 g/mol. The Morgan fingerprint density at radius 2 is 1.75 bits per heavy atom. The van der Waals surface area contributed by atoms with E-state index in [0.29, 0.717) is 0 Å². The van der Waals surface area contributed by atoms with Crippen molar-refractivity contribution in [2.75, 3.05) is 0 Å². The number of allylic oxidation sites excluding steroid dienone is 5. The van der Waals surface area contributed by atoms with Crippen molar-refractivity contribution in [2.24, 2.45) is 0 Å².